The molecule has 1 fully saturated rings. The minimum absolute atomic E-state index is 0.0284. The molecular weight excluding hydrogens is 472 g/mol. The number of hydrogen-bond donors (Lipinski definition) is 1. The zero-order valence-corrected chi connectivity index (χ0v) is 21.0. The third-order valence-electron chi connectivity index (χ3n) is 6.73. The maximum absolute atomic E-state index is 13.3. The lowest BCUT2D eigenvalue weighted by Crippen LogP contribution is -2.41. The van der Waals surface area contributed by atoms with Crippen molar-refractivity contribution < 1.29 is 9.32 Å². The van der Waals surface area contributed by atoms with Gasteiger partial charge in [0.1, 0.15) is 0 Å². The van der Waals surface area contributed by atoms with Crippen molar-refractivity contribution in [1.82, 2.24) is 20.4 Å². The van der Waals surface area contributed by atoms with Crippen molar-refractivity contribution in [3.63, 3.8) is 0 Å². The number of amides is 1. The molecule has 1 aliphatic rings. The van der Waals surface area contributed by atoms with Gasteiger partial charge in [0.2, 0.25) is 17.6 Å². The van der Waals surface area contributed by atoms with Crippen LogP contribution in [0.25, 0.3) is 11.4 Å². The molecule has 184 valence electrons. The Hall–Kier alpha value is -3.48. The highest BCUT2D eigenvalue weighted by Gasteiger charge is 2.28. The van der Waals surface area contributed by atoms with Gasteiger partial charge in [-0.05, 0) is 56.1 Å². The summed E-state index contributed by atoms with van der Waals surface area (Å²) in [6.07, 6.45) is 1.57. The van der Waals surface area contributed by atoms with E-state index in [-0.39, 0.29) is 17.9 Å². The van der Waals surface area contributed by atoms with E-state index in [0.29, 0.717) is 23.3 Å². The van der Waals surface area contributed by atoms with Crippen molar-refractivity contribution >= 4 is 17.5 Å². The normalized spacial score (nSPS) is 15.5. The van der Waals surface area contributed by atoms with Gasteiger partial charge in [0.25, 0.3) is 0 Å². The Morgan fingerprint density at radius 2 is 1.67 bits per heavy atom. The highest BCUT2D eigenvalue weighted by molar-refractivity contribution is 6.33. The van der Waals surface area contributed by atoms with Crippen LogP contribution in [-0.4, -0.2) is 34.0 Å². The first-order chi connectivity index (χ1) is 17.6. The summed E-state index contributed by atoms with van der Waals surface area (Å²) in [4.78, 5) is 20.1. The second-order valence-corrected chi connectivity index (χ2v) is 9.71. The van der Waals surface area contributed by atoms with Crippen molar-refractivity contribution in [3.05, 3.63) is 106 Å². The molecule has 1 unspecified atom stereocenters. The summed E-state index contributed by atoms with van der Waals surface area (Å²) in [7, 11) is 0. The maximum atomic E-state index is 13.3. The predicted molar refractivity (Wildman–Crippen MR) is 140 cm³/mol. The molecule has 3 aromatic carbocycles. The van der Waals surface area contributed by atoms with E-state index in [1.165, 1.54) is 5.56 Å². The number of nitrogens with one attached hydrogen (secondary N) is 1. The molecule has 4 aromatic rings. The van der Waals surface area contributed by atoms with Crippen LogP contribution in [0.5, 0.6) is 0 Å². The van der Waals surface area contributed by atoms with Crippen LogP contribution in [0.1, 0.15) is 41.5 Å². The van der Waals surface area contributed by atoms with Crippen LogP contribution < -0.4 is 5.32 Å². The molecule has 6 nitrogen and oxygen atoms in total. The average molecular weight is 501 g/mol. The first-order valence-electron chi connectivity index (χ1n) is 12.3. The highest BCUT2D eigenvalue weighted by atomic mass is 35.5. The fraction of sp³-hybridized carbons (Fsp3) is 0.276. The molecule has 5 rings (SSSR count). The Balaban J connectivity index is 1.19. The quantitative estimate of drug-likeness (QED) is 0.346. The third-order valence-corrected chi connectivity index (χ3v) is 7.06. The first kappa shape index (κ1) is 24.2. The zero-order chi connectivity index (χ0) is 24.9. The number of likely N-dealkylation sites (tertiary alicyclic amines) is 1. The standard InChI is InChI=1S/C29H29ClN4O2/c1-20-11-13-22(14-12-20)27(21-7-3-2-4-8-21)32-29(35)23-15-17-34(18-16-23)19-26-31-28(33-36-26)24-9-5-6-10-25(24)30/h2-14,23,27H,15-19H2,1H3,(H,32,35). The first-order valence-corrected chi connectivity index (χ1v) is 12.7. The number of piperidine rings is 1. The van der Waals surface area contributed by atoms with Gasteiger partial charge in [0.05, 0.1) is 17.6 Å². The van der Waals surface area contributed by atoms with Crippen LogP contribution in [0.15, 0.2) is 83.4 Å². The van der Waals surface area contributed by atoms with Crippen LogP contribution in [0.3, 0.4) is 0 Å². The van der Waals surface area contributed by atoms with E-state index in [0.717, 1.165) is 42.6 Å². The molecule has 0 spiro atoms. The van der Waals surface area contributed by atoms with Crippen molar-refractivity contribution in [3.8, 4) is 11.4 Å². The van der Waals surface area contributed by atoms with Crippen LogP contribution in [0.2, 0.25) is 5.02 Å². The monoisotopic (exact) mass is 500 g/mol. The van der Waals surface area contributed by atoms with Gasteiger partial charge in [-0.3, -0.25) is 9.69 Å². The molecule has 1 aromatic heterocycles. The van der Waals surface area contributed by atoms with Gasteiger partial charge in [-0.25, -0.2) is 0 Å². The lowest BCUT2D eigenvalue weighted by molar-refractivity contribution is -0.127. The molecule has 1 aliphatic heterocycles. The van der Waals surface area contributed by atoms with Gasteiger partial charge in [0.15, 0.2) is 0 Å². The summed E-state index contributed by atoms with van der Waals surface area (Å²) in [6.45, 7) is 4.21. The number of benzene rings is 3. The van der Waals surface area contributed by atoms with Crippen molar-refractivity contribution in [2.75, 3.05) is 13.1 Å². The van der Waals surface area contributed by atoms with Gasteiger partial charge >= 0.3 is 0 Å². The molecule has 0 radical (unpaired) electrons. The SMILES string of the molecule is Cc1ccc(C(NC(=O)C2CCN(Cc3nc(-c4ccccc4Cl)no3)CC2)c2ccccc2)cc1. The van der Waals surface area contributed by atoms with Crippen molar-refractivity contribution in [2.24, 2.45) is 5.92 Å². The van der Waals surface area contributed by atoms with E-state index >= 15 is 0 Å². The molecule has 2 heterocycles. The molecule has 0 aliphatic carbocycles. The van der Waals surface area contributed by atoms with Gasteiger partial charge in [0, 0.05) is 11.5 Å². The Kier molecular flexibility index (Phi) is 7.44. The number of halogens is 1. The predicted octanol–water partition coefficient (Wildman–Crippen LogP) is 5.82. The third kappa shape index (κ3) is 5.66. The molecule has 1 saturated heterocycles. The summed E-state index contributed by atoms with van der Waals surface area (Å²) >= 11 is 6.26. The van der Waals surface area contributed by atoms with Crippen LogP contribution >= 0.6 is 11.6 Å². The average Bonchev–Trinajstić information content (AvgIpc) is 3.37. The lowest BCUT2D eigenvalue weighted by Gasteiger charge is -2.31. The van der Waals surface area contributed by atoms with E-state index in [2.05, 4.69) is 63.7 Å². The topological polar surface area (TPSA) is 71.3 Å². The molecule has 0 bridgehead atoms. The second kappa shape index (κ2) is 11.1. The fourth-order valence-electron chi connectivity index (χ4n) is 4.64. The minimum Gasteiger partial charge on any atom is -0.345 e. The van der Waals surface area contributed by atoms with E-state index in [1.807, 2.05) is 42.5 Å². The maximum Gasteiger partial charge on any atom is 0.241 e. The van der Waals surface area contributed by atoms with E-state index < -0.39 is 0 Å². The van der Waals surface area contributed by atoms with Gasteiger partial charge < -0.3 is 9.84 Å². The molecule has 36 heavy (non-hydrogen) atoms. The number of carbonyl (C=O) groups is 1. The van der Waals surface area contributed by atoms with E-state index in [4.69, 9.17) is 16.1 Å². The van der Waals surface area contributed by atoms with Gasteiger partial charge in [-0.15, -0.1) is 0 Å². The number of nitrogens with zero attached hydrogens (tertiary/aromatic N) is 3. The minimum atomic E-state index is -0.168. The molecule has 7 heteroatoms. The summed E-state index contributed by atoms with van der Waals surface area (Å²) in [6, 6.07) is 25.8. The number of rotatable bonds is 7. The Labute approximate surface area is 216 Å². The molecule has 1 atom stereocenters. The smallest absolute Gasteiger partial charge is 0.241 e. The van der Waals surface area contributed by atoms with Crippen molar-refractivity contribution in [1.29, 1.82) is 0 Å². The van der Waals surface area contributed by atoms with Crippen LogP contribution in [-0.2, 0) is 11.3 Å². The fourth-order valence-corrected chi connectivity index (χ4v) is 4.86. The summed E-state index contributed by atoms with van der Waals surface area (Å²) < 4.78 is 5.47. The van der Waals surface area contributed by atoms with Crippen LogP contribution in [0, 0.1) is 12.8 Å². The summed E-state index contributed by atoms with van der Waals surface area (Å²) in [5, 5.41) is 8.00. The Morgan fingerprint density at radius 1 is 1.00 bits per heavy atom. The Morgan fingerprint density at radius 3 is 2.39 bits per heavy atom. The molecule has 1 N–H and O–H groups in total. The van der Waals surface area contributed by atoms with Gasteiger partial charge in [-0.1, -0.05) is 89.1 Å². The number of carbonyl (C=O) groups excluding carboxylic acids is 1. The van der Waals surface area contributed by atoms with Crippen LogP contribution in [0.4, 0.5) is 0 Å². The molecule has 1 amide bonds. The zero-order valence-electron chi connectivity index (χ0n) is 20.2. The number of aromatic nitrogens is 2. The van der Waals surface area contributed by atoms with Gasteiger partial charge in [-0.2, -0.15) is 4.98 Å². The number of aryl methyl sites for hydroxylation is 1. The molecule has 0 saturated carbocycles. The largest absolute Gasteiger partial charge is 0.345 e. The number of hydrogen-bond acceptors (Lipinski definition) is 5. The summed E-state index contributed by atoms with van der Waals surface area (Å²) in [5.41, 5.74) is 4.12. The highest BCUT2D eigenvalue weighted by Crippen LogP contribution is 2.27. The Bertz CT molecular complexity index is 1300. The van der Waals surface area contributed by atoms with E-state index in [1.54, 1.807) is 0 Å². The lowest BCUT2D eigenvalue weighted by atomic mass is 9.93. The summed E-state index contributed by atoms with van der Waals surface area (Å²) in [5.74, 6) is 1.12. The molecular formula is C29H29ClN4O2. The second-order valence-electron chi connectivity index (χ2n) is 9.30. The van der Waals surface area contributed by atoms with E-state index in [9.17, 15) is 4.79 Å². The van der Waals surface area contributed by atoms with Crippen molar-refractivity contribution in [2.45, 2.75) is 32.4 Å².